The summed E-state index contributed by atoms with van der Waals surface area (Å²) in [5.74, 6) is 1.19. The number of aryl methyl sites for hydroxylation is 1. The van der Waals surface area contributed by atoms with Crippen LogP contribution in [0.2, 0.25) is 0 Å². The van der Waals surface area contributed by atoms with Crippen LogP contribution in [0.3, 0.4) is 0 Å². The third-order valence-corrected chi connectivity index (χ3v) is 4.87. The third-order valence-electron chi connectivity index (χ3n) is 3.65. The highest BCUT2D eigenvalue weighted by Gasteiger charge is 2.20. The van der Waals surface area contributed by atoms with Gasteiger partial charge in [-0.25, -0.2) is 0 Å². The Morgan fingerprint density at radius 3 is 2.90 bits per heavy atom. The molecule has 6 heteroatoms. The molecule has 3 rings (SSSR count). The fraction of sp³-hybridized carbons (Fsp3) is 0.571. The van der Waals surface area contributed by atoms with Crippen LogP contribution in [0, 0.1) is 0 Å². The second-order valence-electron chi connectivity index (χ2n) is 5.19. The van der Waals surface area contributed by atoms with E-state index in [1.54, 1.807) is 11.3 Å². The molecule has 0 bridgehead atoms. The molecular weight excluding hydrogens is 272 g/mol. The van der Waals surface area contributed by atoms with Gasteiger partial charge in [-0.05, 0) is 44.5 Å². The number of nitrogens with two attached hydrogens (primary N) is 1. The Labute approximate surface area is 122 Å². The van der Waals surface area contributed by atoms with Gasteiger partial charge in [-0.2, -0.15) is 4.98 Å². The van der Waals surface area contributed by atoms with Gasteiger partial charge in [-0.1, -0.05) is 12.1 Å². The molecule has 0 aromatic carbocycles. The number of aromatic nitrogens is 2. The van der Waals surface area contributed by atoms with Crippen molar-refractivity contribution in [1.82, 2.24) is 15.0 Å². The molecule has 5 nitrogen and oxygen atoms in total. The minimum absolute atomic E-state index is 0.170. The first-order valence-electron chi connectivity index (χ1n) is 7.17. The maximum atomic E-state index is 6.17. The van der Waals surface area contributed by atoms with E-state index in [9.17, 15) is 0 Å². The third kappa shape index (κ3) is 2.92. The van der Waals surface area contributed by atoms with Crippen LogP contribution >= 0.6 is 11.3 Å². The van der Waals surface area contributed by atoms with Crippen LogP contribution in [0.15, 0.2) is 16.7 Å². The summed E-state index contributed by atoms with van der Waals surface area (Å²) in [6.07, 6.45) is 3.55. The monoisotopic (exact) mass is 292 g/mol. The molecule has 20 heavy (non-hydrogen) atoms. The van der Waals surface area contributed by atoms with Gasteiger partial charge in [0.2, 0.25) is 0 Å². The number of hydrogen-bond acceptors (Lipinski definition) is 6. The van der Waals surface area contributed by atoms with Crippen molar-refractivity contribution < 1.29 is 4.52 Å². The van der Waals surface area contributed by atoms with Crippen LogP contribution in [-0.2, 0) is 6.42 Å². The fourth-order valence-corrected chi connectivity index (χ4v) is 3.36. The van der Waals surface area contributed by atoms with Crippen molar-refractivity contribution in [3.05, 3.63) is 22.8 Å². The second kappa shape index (κ2) is 6.03. The van der Waals surface area contributed by atoms with Crippen LogP contribution in [0.5, 0.6) is 0 Å². The maximum Gasteiger partial charge on any atom is 0.268 e. The zero-order valence-corrected chi connectivity index (χ0v) is 12.5. The predicted octanol–water partition coefficient (Wildman–Crippen LogP) is 2.46. The Morgan fingerprint density at radius 2 is 2.20 bits per heavy atom. The molecule has 0 aliphatic carbocycles. The van der Waals surface area contributed by atoms with Crippen molar-refractivity contribution in [3.63, 3.8) is 0 Å². The molecular formula is C14H20N4OS. The zero-order chi connectivity index (χ0) is 13.9. The number of rotatable bonds is 5. The molecule has 2 aromatic heterocycles. The maximum absolute atomic E-state index is 6.17. The Hall–Kier alpha value is -1.24. The summed E-state index contributed by atoms with van der Waals surface area (Å²) in [4.78, 5) is 9.16. The lowest BCUT2D eigenvalue weighted by atomic mass is 10.3. The number of thiophene rings is 1. The van der Waals surface area contributed by atoms with Crippen molar-refractivity contribution in [2.45, 2.75) is 32.2 Å². The van der Waals surface area contributed by atoms with Gasteiger partial charge in [-0.15, -0.1) is 11.3 Å². The summed E-state index contributed by atoms with van der Waals surface area (Å²) in [6, 6.07) is 3.97. The quantitative estimate of drug-likeness (QED) is 0.917. The van der Waals surface area contributed by atoms with E-state index in [4.69, 9.17) is 10.3 Å². The van der Waals surface area contributed by atoms with Gasteiger partial charge in [0.05, 0.1) is 10.9 Å². The van der Waals surface area contributed by atoms with Crippen LogP contribution in [0.1, 0.15) is 36.5 Å². The van der Waals surface area contributed by atoms with Crippen LogP contribution in [0.4, 0.5) is 0 Å². The topological polar surface area (TPSA) is 68.2 Å². The minimum atomic E-state index is -0.170. The molecule has 1 aliphatic rings. The number of likely N-dealkylation sites (tertiary alicyclic amines) is 1. The second-order valence-corrected chi connectivity index (χ2v) is 6.36. The van der Waals surface area contributed by atoms with Crippen molar-refractivity contribution in [2.24, 2.45) is 5.73 Å². The average molecular weight is 292 g/mol. The zero-order valence-electron chi connectivity index (χ0n) is 11.7. The lowest BCUT2D eigenvalue weighted by Gasteiger charge is -2.17. The van der Waals surface area contributed by atoms with Gasteiger partial charge < -0.3 is 15.2 Å². The molecule has 2 aromatic rings. The molecule has 1 saturated heterocycles. The molecule has 0 spiro atoms. The Kier molecular flexibility index (Phi) is 4.14. The summed E-state index contributed by atoms with van der Waals surface area (Å²) in [5.41, 5.74) is 6.17. The van der Waals surface area contributed by atoms with E-state index in [2.05, 4.69) is 28.0 Å². The molecule has 1 aliphatic heterocycles. The molecule has 3 heterocycles. The first kappa shape index (κ1) is 13.7. The predicted molar refractivity (Wildman–Crippen MR) is 79.6 cm³/mol. The molecule has 0 radical (unpaired) electrons. The molecule has 108 valence electrons. The summed E-state index contributed by atoms with van der Waals surface area (Å²) in [6.45, 7) is 5.21. The van der Waals surface area contributed by atoms with Crippen molar-refractivity contribution in [1.29, 1.82) is 0 Å². The molecule has 2 N–H and O–H groups in total. The minimum Gasteiger partial charge on any atom is -0.333 e. The molecule has 0 amide bonds. The molecule has 0 saturated carbocycles. The number of nitrogens with zero attached hydrogens (tertiary/aromatic N) is 3. The first-order valence-corrected chi connectivity index (χ1v) is 7.98. The van der Waals surface area contributed by atoms with Gasteiger partial charge in [0.1, 0.15) is 0 Å². The normalized spacial score (nSPS) is 17.7. The molecule has 1 unspecified atom stereocenters. The number of hydrogen-bond donors (Lipinski definition) is 1. The van der Waals surface area contributed by atoms with E-state index in [-0.39, 0.29) is 6.04 Å². The highest BCUT2D eigenvalue weighted by molar-refractivity contribution is 7.15. The standard InChI is InChI=1S/C14H20N4OS/c1-2-10-5-6-12(20-10)14-16-13(17-19-14)11(15)9-18-7-3-4-8-18/h5-6,11H,2-4,7-9,15H2,1H3. The van der Waals surface area contributed by atoms with E-state index in [1.165, 1.54) is 17.7 Å². The fourth-order valence-electron chi connectivity index (χ4n) is 2.49. The van der Waals surface area contributed by atoms with Gasteiger partial charge in [0, 0.05) is 11.4 Å². The van der Waals surface area contributed by atoms with Gasteiger partial charge >= 0.3 is 0 Å². The van der Waals surface area contributed by atoms with Crippen LogP contribution in [0.25, 0.3) is 10.8 Å². The van der Waals surface area contributed by atoms with Crippen LogP contribution < -0.4 is 5.73 Å². The van der Waals surface area contributed by atoms with Gasteiger partial charge in [0.25, 0.3) is 5.89 Å². The average Bonchev–Trinajstić information content (AvgIpc) is 3.19. The summed E-state index contributed by atoms with van der Waals surface area (Å²) in [5, 5.41) is 4.04. The van der Waals surface area contributed by atoms with E-state index < -0.39 is 0 Å². The van der Waals surface area contributed by atoms with Crippen LogP contribution in [-0.4, -0.2) is 34.7 Å². The highest BCUT2D eigenvalue weighted by Crippen LogP contribution is 2.27. The lowest BCUT2D eigenvalue weighted by molar-refractivity contribution is 0.306. The summed E-state index contributed by atoms with van der Waals surface area (Å²) >= 11 is 1.70. The Bertz CT molecular complexity index is 559. The Balaban J connectivity index is 1.69. The van der Waals surface area contributed by atoms with E-state index in [0.717, 1.165) is 30.9 Å². The molecule has 1 fully saturated rings. The largest absolute Gasteiger partial charge is 0.333 e. The first-order chi connectivity index (χ1) is 9.76. The Morgan fingerprint density at radius 1 is 1.40 bits per heavy atom. The van der Waals surface area contributed by atoms with E-state index in [0.29, 0.717) is 11.7 Å². The SMILES string of the molecule is CCc1ccc(-c2nc(C(N)CN3CCCC3)no2)s1. The van der Waals surface area contributed by atoms with Crippen molar-refractivity contribution >= 4 is 11.3 Å². The van der Waals surface area contributed by atoms with Gasteiger partial charge in [-0.3, -0.25) is 0 Å². The summed E-state index contributed by atoms with van der Waals surface area (Å²) in [7, 11) is 0. The van der Waals surface area contributed by atoms with Crippen molar-refractivity contribution in [3.8, 4) is 10.8 Å². The van der Waals surface area contributed by atoms with E-state index >= 15 is 0 Å². The van der Waals surface area contributed by atoms with Crippen molar-refractivity contribution in [2.75, 3.05) is 19.6 Å². The summed E-state index contributed by atoms with van der Waals surface area (Å²) < 4.78 is 5.34. The molecule has 1 atom stereocenters. The lowest BCUT2D eigenvalue weighted by Crippen LogP contribution is -2.30. The highest BCUT2D eigenvalue weighted by atomic mass is 32.1. The van der Waals surface area contributed by atoms with E-state index in [1.807, 2.05) is 6.07 Å². The van der Waals surface area contributed by atoms with Gasteiger partial charge in [0.15, 0.2) is 5.82 Å². The smallest absolute Gasteiger partial charge is 0.268 e.